The maximum absolute atomic E-state index is 5.35. The third-order valence-corrected chi connectivity index (χ3v) is 3.18. The van der Waals surface area contributed by atoms with Crippen LogP contribution in [0.25, 0.3) is 0 Å². The zero-order valence-corrected chi connectivity index (χ0v) is 9.39. The summed E-state index contributed by atoms with van der Waals surface area (Å²) in [5.41, 5.74) is 0. The Kier molecular flexibility index (Phi) is 5.71. The van der Waals surface area contributed by atoms with Crippen molar-refractivity contribution < 1.29 is 0 Å². The minimum absolute atomic E-state index is 0.545. The molecule has 1 aliphatic carbocycles. The molecule has 1 rings (SSSR count). The summed E-state index contributed by atoms with van der Waals surface area (Å²) in [4.78, 5) is 0. The van der Waals surface area contributed by atoms with Gasteiger partial charge in [0.2, 0.25) is 0 Å². The Hall–Kier alpha value is -0.480. The van der Waals surface area contributed by atoms with Crippen LogP contribution >= 0.6 is 0 Å². The van der Waals surface area contributed by atoms with Gasteiger partial charge in [-0.15, -0.1) is 12.3 Å². The van der Waals surface area contributed by atoms with Crippen molar-refractivity contribution in [3.8, 4) is 12.3 Å². The summed E-state index contributed by atoms with van der Waals surface area (Å²) in [6.07, 6.45) is 15.7. The molecule has 1 unspecified atom stereocenters. The van der Waals surface area contributed by atoms with Crippen LogP contribution in [0.2, 0.25) is 0 Å². The van der Waals surface area contributed by atoms with Crippen LogP contribution in [-0.4, -0.2) is 12.1 Å². The van der Waals surface area contributed by atoms with Crippen LogP contribution in [0.4, 0.5) is 0 Å². The lowest BCUT2D eigenvalue weighted by Gasteiger charge is -2.22. The van der Waals surface area contributed by atoms with Crippen LogP contribution in [0.3, 0.4) is 0 Å². The monoisotopic (exact) mass is 193 g/mol. The van der Waals surface area contributed by atoms with E-state index < -0.39 is 0 Å². The molecule has 14 heavy (non-hydrogen) atoms. The van der Waals surface area contributed by atoms with E-state index >= 15 is 0 Å². The lowest BCUT2D eigenvalue weighted by Crippen LogP contribution is -2.37. The summed E-state index contributed by atoms with van der Waals surface area (Å²) in [6, 6.07) is 1.28. The summed E-state index contributed by atoms with van der Waals surface area (Å²) < 4.78 is 0. The number of terminal acetylenes is 1. The Balaban J connectivity index is 2.28. The molecule has 0 aromatic carbocycles. The Morgan fingerprint density at radius 3 is 2.43 bits per heavy atom. The van der Waals surface area contributed by atoms with Crippen molar-refractivity contribution in [2.75, 3.05) is 0 Å². The van der Waals surface area contributed by atoms with Gasteiger partial charge in [0.15, 0.2) is 0 Å². The standard InChI is InChI=1S/C13H23N/c1-3-9-12(4-2)14-13-10-7-5-6-8-11-13/h1,12-14H,4-11H2,2H3. The van der Waals surface area contributed by atoms with Crippen LogP contribution in [0, 0.1) is 12.3 Å². The van der Waals surface area contributed by atoms with Crippen molar-refractivity contribution in [2.24, 2.45) is 0 Å². The SMILES string of the molecule is C#CCC(CC)NC1CCCCCC1. The van der Waals surface area contributed by atoms with Crippen molar-refractivity contribution in [1.29, 1.82) is 0 Å². The highest BCUT2D eigenvalue weighted by Crippen LogP contribution is 2.18. The van der Waals surface area contributed by atoms with Crippen LogP contribution < -0.4 is 5.32 Å². The molecule has 1 saturated carbocycles. The highest BCUT2D eigenvalue weighted by Gasteiger charge is 2.14. The summed E-state index contributed by atoms with van der Waals surface area (Å²) in [5, 5.41) is 3.70. The van der Waals surface area contributed by atoms with Gasteiger partial charge in [0.05, 0.1) is 0 Å². The third-order valence-electron chi connectivity index (χ3n) is 3.18. The number of nitrogens with one attached hydrogen (secondary N) is 1. The van der Waals surface area contributed by atoms with Crippen molar-refractivity contribution in [3.05, 3.63) is 0 Å². The van der Waals surface area contributed by atoms with Gasteiger partial charge in [-0.05, 0) is 19.3 Å². The Morgan fingerprint density at radius 2 is 1.93 bits per heavy atom. The molecule has 0 aliphatic heterocycles. The molecule has 1 aliphatic rings. The average molecular weight is 193 g/mol. The van der Waals surface area contributed by atoms with E-state index in [1.807, 2.05) is 0 Å². The Bertz CT molecular complexity index is 172. The zero-order chi connectivity index (χ0) is 10.2. The highest BCUT2D eigenvalue weighted by atomic mass is 14.9. The fourth-order valence-corrected chi connectivity index (χ4v) is 2.24. The fraction of sp³-hybridized carbons (Fsp3) is 0.846. The maximum Gasteiger partial charge on any atom is 0.0240 e. The first-order chi connectivity index (χ1) is 6.86. The molecule has 0 aromatic rings. The normalized spacial score (nSPS) is 21.1. The smallest absolute Gasteiger partial charge is 0.0240 e. The van der Waals surface area contributed by atoms with E-state index in [2.05, 4.69) is 18.2 Å². The second kappa shape index (κ2) is 6.90. The molecule has 0 bridgehead atoms. The molecular weight excluding hydrogens is 170 g/mol. The van der Waals surface area contributed by atoms with Gasteiger partial charge in [0, 0.05) is 18.5 Å². The fourth-order valence-electron chi connectivity index (χ4n) is 2.24. The number of hydrogen-bond donors (Lipinski definition) is 1. The Labute approximate surface area is 88.7 Å². The lowest BCUT2D eigenvalue weighted by molar-refractivity contribution is 0.388. The first-order valence-electron chi connectivity index (χ1n) is 6.06. The van der Waals surface area contributed by atoms with Gasteiger partial charge in [0.1, 0.15) is 0 Å². The van der Waals surface area contributed by atoms with Crippen LogP contribution in [0.15, 0.2) is 0 Å². The van der Waals surface area contributed by atoms with Gasteiger partial charge < -0.3 is 5.32 Å². The lowest BCUT2D eigenvalue weighted by atomic mass is 10.1. The summed E-state index contributed by atoms with van der Waals surface area (Å²) in [6.45, 7) is 2.21. The molecule has 1 atom stereocenters. The van der Waals surface area contributed by atoms with E-state index in [1.54, 1.807) is 0 Å². The molecule has 1 N–H and O–H groups in total. The third kappa shape index (κ3) is 4.15. The largest absolute Gasteiger partial charge is 0.310 e. The van der Waals surface area contributed by atoms with E-state index in [1.165, 1.54) is 38.5 Å². The average Bonchev–Trinajstić information content (AvgIpc) is 2.45. The maximum atomic E-state index is 5.35. The molecule has 0 spiro atoms. The van der Waals surface area contributed by atoms with E-state index in [0.29, 0.717) is 6.04 Å². The van der Waals surface area contributed by atoms with Crippen LogP contribution in [0.1, 0.15) is 58.3 Å². The summed E-state index contributed by atoms with van der Waals surface area (Å²) in [7, 11) is 0. The van der Waals surface area contributed by atoms with Gasteiger partial charge in [-0.25, -0.2) is 0 Å². The van der Waals surface area contributed by atoms with Gasteiger partial charge >= 0.3 is 0 Å². The minimum atomic E-state index is 0.545. The predicted molar refractivity (Wildman–Crippen MR) is 62.2 cm³/mol. The first kappa shape index (κ1) is 11.6. The van der Waals surface area contributed by atoms with Gasteiger partial charge in [-0.1, -0.05) is 32.6 Å². The predicted octanol–water partition coefficient (Wildman–Crippen LogP) is 3.10. The second-order valence-electron chi connectivity index (χ2n) is 4.37. The quantitative estimate of drug-likeness (QED) is 0.534. The van der Waals surface area contributed by atoms with Crippen LogP contribution in [-0.2, 0) is 0 Å². The topological polar surface area (TPSA) is 12.0 Å². The van der Waals surface area contributed by atoms with Crippen molar-refractivity contribution >= 4 is 0 Å². The molecule has 0 saturated heterocycles. The van der Waals surface area contributed by atoms with Gasteiger partial charge in [-0.3, -0.25) is 0 Å². The number of hydrogen-bond acceptors (Lipinski definition) is 1. The molecule has 80 valence electrons. The molecule has 1 heteroatoms. The van der Waals surface area contributed by atoms with Crippen LogP contribution in [0.5, 0.6) is 0 Å². The molecule has 0 radical (unpaired) electrons. The number of rotatable bonds is 4. The molecular formula is C13H23N. The van der Waals surface area contributed by atoms with E-state index in [9.17, 15) is 0 Å². The van der Waals surface area contributed by atoms with Crippen molar-refractivity contribution in [1.82, 2.24) is 5.32 Å². The molecule has 0 heterocycles. The van der Waals surface area contributed by atoms with E-state index in [4.69, 9.17) is 6.42 Å². The molecule has 0 amide bonds. The summed E-state index contributed by atoms with van der Waals surface area (Å²) in [5.74, 6) is 2.76. The van der Waals surface area contributed by atoms with Crippen molar-refractivity contribution in [2.45, 2.75) is 70.4 Å². The van der Waals surface area contributed by atoms with E-state index in [0.717, 1.165) is 18.9 Å². The van der Waals surface area contributed by atoms with E-state index in [-0.39, 0.29) is 0 Å². The van der Waals surface area contributed by atoms with Gasteiger partial charge in [-0.2, -0.15) is 0 Å². The molecule has 1 nitrogen and oxygen atoms in total. The zero-order valence-electron chi connectivity index (χ0n) is 9.39. The molecule has 0 aromatic heterocycles. The minimum Gasteiger partial charge on any atom is -0.310 e. The first-order valence-corrected chi connectivity index (χ1v) is 6.06. The second-order valence-corrected chi connectivity index (χ2v) is 4.37. The highest BCUT2D eigenvalue weighted by molar-refractivity contribution is 4.90. The molecule has 1 fully saturated rings. The van der Waals surface area contributed by atoms with Crippen molar-refractivity contribution in [3.63, 3.8) is 0 Å². The Morgan fingerprint density at radius 1 is 1.29 bits per heavy atom. The summed E-state index contributed by atoms with van der Waals surface area (Å²) >= 11 is 0. The van der Waals surface area contributed by atoms with Gasteiger partial charge in [0.25, 0.3) is 0 Å².